The van der Waals surface area contributed by atoms with Gasteiger partial charge in [0.25, 0.3) is 0 Å². The molecule has 0 saturated heterocycles. The number of benzene rings is 2. The highest BCUT2D eigenvalue weighted by molar-refractivity contribution is 5.43. The summed E-state index contributed by atoms with van der Waals surface area (Å²) in [5.41, 5.74) is 2.16. The van der Waals surface area contributed by atoms with E-state index in [0.29, 0.717) is 5.75 Å². The van der Waals surface area contributed by atoms with E-state index in [1.54, 1.807) is 44.2 Å². The zero-order valence-corrected chi connectivity index (χ0v) is 12.1. The van der Waals surface area contributed by atoms with Gasteiger partial charge >= 0.3 is 5.92 Å². The fourth-order valence-corrected chi connectivity index (χ4v) is 2.29. The quantitative estimate of drug-likeness (QED) is 0.903. The zero-order valence-electron chi connectivity index (χ0n) is 12.1. The van der Waals surface area contributed by atoms with Crippen molar-refractivity contribution >= 4 is 0 Å². The Bertz CT molecular complexity index is 586. The second-order valence-electron chi connectivity index (χ2n) is 5.08. The molecule has 0 heterocycles. The molecule has 0 aromatic heterocycles. The molecule has 0 aliphatic carbocycles. The predicted molar refractivity (Wildman–Crippen MR) is 77.7 cm³/mol. The summed E-state index contributed by atoms with van der Waals surface area (Å²) in [6, 6.07) is 11.1. The summed E-state index contributed by atoms with van der Waals surface area (Å²) in [4.78, 5) is 0. The molecule has 0 unspecified atom stereocenters. The molecule has 4 heteroatoms. The summed E-state index contributed by atoms with van der Waals surface area (Å²) in [5, 5.41) is 9.12. The molecule has 2 aromatic rings. The molecule has 0 bridgehead atoms. The van der Waals surface area contributed by atoms with Gasteiger partial charge in [-0.3, -0.25) is 0 Å². The zero-order chi connectivity index (χ0) is 15.5. The van der Waals surface area contributed by atoms with Crippen molar-refractivity contribution in [3.8, 4) is 5.75 Å². The van der Waals surface area contributed by atoms with E-state index in [1.165, 1.54) is 12.1 Å². The van der Waals surface area contributed by atoms with Crippen LogP contribution in [0.2, 0.25) is 0 Å². The lowest BCUT2D eigenvalue weighted by molar-refractivity contribution is -0.0470. The molecule has 112 valence electrons. The Morgan fingerprint density at radius 2 is 1.62 bits per heavy atom. The number of aliphatic hydroxyl groups excluding tert-OH is 1. The molecule has 0 aliphatic rings. The maximum absolute atomic E-state index is 14.1. The minimum atomic E-state index is -3.05. The highest BCUT2D eigenvalue weighted by Gasteiger charge is 2.32. The molecule has 0 amide bonds. The van der Waals surface area contributed by atoms with Gasteiger partial charge in [-0.05, 0) is 30.5 Å². The minimum Gasteiger partial charge on any atom is -0.486 e. The van der Waals surface area contributed by atoms with E-state index in [9.17, 15) is 8.78 Å². The van der Waals surface area contributed by atoms with E-state index in [-0.39, 0.29) is 12.2 Å². The maximum Gasteiger partial charge on any atom is 0.306 e. The van der Waals surface area contributed by atoms with Crippen molar-refractivity contribution in [1.29, 1.82) is 0 Å². The van der Waals surface area contributed by atoms with E-state index >= 15 is 0 Å². The van der Waals surface area contributed by atoms with E-state index < -0.39 is 12.5 Å². The van der Waals surface area contributed by atoms with Gasteiger partial charge in [0.1, 0.15) is 5.75 Å². The number of aliphatic hydroxyl groups is 1. The third-order valence-corrected chi connectivity index (χ3v) is 3.30. The van der Waals surface area contributed by atoms with Gasteiger partial charge in [-0.25, -0.2) is 0 Å². The second-order valence-corrected chi connectivity index (χ2v) is 5.08. The van der Waals surface area contributed by atoms with Crippen LogP contribution in [0.15, 0.2) is 42.5 Å². The molecule has 0 spiro atoms. The molecule has 0 atom stereocenters. The SMILES string of the molecule is Cc1cc(CO)cc(C)c1OCC(F)(F)c1ccccc1. The largest absolute Gasteiger partial charge is 0.486 e. The van der Waals surface area contributed by atoms with Crippen LogP contribution >= 0.6 is 0 Å². The Labute approximate surface area is 123 Å². The first-order chi connectivity index (χ1) is 9.94. The minimum absolute atomic E-state index is 0.0627. The molecule has 0 fully saturated rings. The summed E-state index contributed by atoms with van der Waals surface area (Å²) in [6.45, 7) is 2.77. The summed E-state index contributed by atoms with van der Waals surface area (Å²) in [5.74, 6) is -2.60. The van der Waals surface area contributed by atoms with Crippen LogP contribution in [0.25, 0.3) is 0 Å². The molecule has 2 aromatic carbocycles. The predicted octanol–water partition coefficient (Wildman–Crippen LogP) is 3.97. The van der Waals surface area contributed by atoms with Crippen molar-refractivity contribution in [1.82, 2.24) is 0 Å². The molecule has 0 aliphatic heterocycles. The highest BCUT2D eigenvalue weighted by Crippen LogP contribution is 2.31. The van der Waals surface area contributed by atoms with Crippen molar-refractivity contribution in [3.05, 3.63) is 64.7 Å². The molecular weight excluding hydrogens is 274 g/mol. The van der Waals surface area contributed by atoms with Crippen LogP contribution in [-0.4, -0.2) is 11.7 Å². The van der Waals surface area contributed by atoms with E-state index in [4.69, 9.17) is 9.84 Å². The van der Waals surface area contributed by atoms with Crippen molar-refractivity contribution in [2.45, 2.75) is 26.4 Å². The van der Waals surface area contributed by atoms with Gasteiger partial charge in [-0.2, -0.15) is 8.78 Å². The standard InChI is InChI=1S/C17H18F2O2/c1-12-8-14(10-20)9-13(2)16(12)21-11-17(18,19)15-6-4-3-5-7-15/h3-9,20H,10-11H2,1-2H3. The van der Waals surface area contributed by atoms with Crippen molar-refractivity contribution in [3.63, 3.8) is 0 Å². The van der Waals surface area contributed by atoms with Crippen LogP contribution in [0.5, 0.6) is 5.75 Å². The number of ether oxygens (including phenoxy) is 1. The van der Waals surface area contributed by atoms with Gasteiger partial charge < -0.3 is 9.84 Å². The third-order valence-electron chi connectivity index (χ3n) is 3.30. The number of aryl methyl sites for hydroxylation is 2. The van der Waals surface area contributed by atoms with Gasteiger partial charge in [0.2, 0.25) is 0 Å². The summed E-state index contributed by atoms with van der Waals surface area (Å²) < 4.78 is 33.5. The Morgan fingerprint density at radius 3 is 2.14 bits per heavy atom. The number of halogens is 2. The molecular formula is C17H18F2O2. The lowest BCUT2D eigenvalue weighted by Gasteiger charge is -2.20. The molecule has 21 heavy (non-hydrogen) atoms. The van der Waals surface area contributed by atoms with Crippen molar-refractivity contribution in [2.75, 3.05) is 6.61 Å². The van der Waals surface area contributed by atoms with Gasteiger partial charge in [0.05, 0.1) is 6.61 Å². The van der Waals surface area contributed by atoms with Crippen molar-refractivity contribution in [2.24, 2.45) is 0 Å². The van der Waals surface area contributed by atoms with E-state index in [1.807, 2.05) is 0 Å². The molecule has 2 rings (SSSR count). The normalized spacial score (nSPS) is 11.5. The Hall–Kier alpha value is -1.94. The smallest absolute Gasteiger partial charge is 0.306 e. The lowest BCUT2D eigenvalue weighted by atomic mass is 10.1. The molecule has 2 nitrogen and oxygen atoms in total. The first-order valence-corrected chi connectivity index (χ1v) is 6.71. The van der Waals surface area contributed by atoms with Crippen molar-refractivity contribution < 1.29 is 18.6 Å². The Morgan fingerprint density at radius 1 is 1.05 bits per heavy atom. The first kappa shape index (κ1) is 15.4. The lowest BCUT2D eigenvalue weighted by Crippen LogP contribution is -2.23. The third kappa shape index (κ3) is 3.58. The van der Waals surface area contributed by atoms with Crippen LogP contribution in [0.1, 0.15) is 22.3 Å². The fourth-order valence-electron chi connectivity index (χ4n) is 2.29. The van der Waals surface area contributed by atoms with Crippen LogP contribution in [0.4, 0.5) is 8.78 Å². The second kappa shape index (κ2) is 6.22. The number of hydrogen-bond donors (Lipinski definition) is 1. The maximum atomic E-state index is 14.1. The van der Waals surface area contributed by atoms with Crippen LogP contribution in [-0.2, 0) is 12.5 Å². The van der Waals surface area contributed by atoms with Gasteiger partial charge in [-0.15, -0.1) is 0 Å². The average Bonchev–Trinajstić information content (AvgIpc) is 2.47. The molecule has 1 N–H and O–H groups in total. The van der Waals surface area contributed by atoms with E-state index in [2.05, 4.69) is 0 Å². The summed E-state index contributed by atoms with van der Waals surface area (Å²) in [7, 11) is 0. The van der Waals surface area contributed by atoms with Crippen LogP contribution in [0, 0.1) is 13.8 Å². The topological polar surface area (TPSA) is 29.5 Å². The first-order valence-electron chi connectivity index (χ1n) is 6.71. The average molecular weight is 292 g/mol. The number of rotatable bonds is 5. The summed E-state index contributed by atoms with van der Waals surface area (Å²) in [6.07, 6.45) is 0. The van der Waals surface area contributed by atoms with Crippen LogP contribution in [0.3, 0.4) is 0 Å². The van der Waals surface area contributed by atoms with E-state index in [0.717, 1.165) is 16.7 Å². The highest BCUT2D eigenvalue weighted by atomic mass is 19.3. The molecule has 0 saturated carbocycles. The summed E-state index contributed by atoms with van der Waals surface area (Å²) >= 11 is 0. The van der Waals surface area contributed by atoms with Gasteiger partial charge in [0, 0.05) is 5.56 Å². The fraction of sp³-hybridized carbons (Fsp3) is 0.294. The van der Waals surface area contributed by atoms with Crippen LogP contribution < -0.4 is 4.74 Å². The Balaban J connectivity index is 2.17. The monoisotopic (exact) mass is 292 g/mol. The number of hydrogen-bond acceptors (Lipinski definition) is 2. The number of alkyl halides is 2. The molecule has 0 radical (unpaired) electrons. The Kier molecular flexibility index (Phi) is 4.58. The van der Waals surface area contributed by atoms with Gasteiger partial charge in [-0.1, -0.05) is 42.5 Å². The van der Waals surface area contributed by atoms with Gasteiger partial charge in [0.15, 0.2) is 6.61 Å².